The van der Waals surface area contributed by atoms with Crippen LogP contribution in [-0.4, -0.2) is 0 Å². The zero-order chi connectivity index (χ0) is 55.8. The fourth-order valence-corrected chi connectivity index (χ4v) is 13.4. The van der Waals surface area contributed by atoms with E-state index >= 15 is 0 Å². The van der Waals surface area contributed by atoms with Crippen molar-refractivity contribution in [1.82, 2.24) is 0 Å². The van der Waals surface area contributed by atoms with Crippen molar-refractivity contribution in [2.24, 2.45) is 35.5 Å². The number of alkyl halides is 2. The van der Waals surface area contributed by atoms with Gasteiger partial charge in [-0.15, -0.1) is 0 Å². The lowest BCUT2D eigenvalue weighted by atomic mass is 9.68. The highest BCUT2D eigenvalue weighted by Crippen LogP contribution is 2.46. The zero-order valence-electron chi connectivity index (χ0n) is 44.5. The van der Waals surface area contributed by atoms with Crippen LogP contribution in [0.15, 0.2) is 72.8 Å². The van der Waals surface area contributed by atoms with Crippen molar-refractivity contribution in [2.45, 2.75) is 179 Å². The number of hydrogen-bond donors (Lipinski definition) is 0. The zero-order valence-corrected chi connectivity index (χ0v) is 44.5. The molecule has 0 heterocycles. The average Bonchev–Trinajstić information content (AvgIpc) is 3.73. The lowest BCUT2D eigenvalue weighted by molar-refractivity contribution is -0.189. The van der Waals surface area contributed by atoms with Crippen molar-refractivity contribution in [3.05, 3.63) is 159 Å². The van der Waals surface area contributed by atoms with Crippen LogP contribution in [0.1, 0.15) is 195 Å². The Bertz CT molecular complexity index is 2570. The molecule has 5 fully saturated rings. The normalized spacial score (nSPS) is 25.2. The van der Waals surface area contributed by atoms with Gasteiger partial charge in [0.1, 0.15) is 22.9 Å². The molecule has 0 saturated heterocycles. The Labute approximate surface area is 450 Å². The summed E-state index contributed by atoms with van der Waals surface area (Å²) in [7, 11) is 0. The highest BCUT2D eigenvalue weighted by atomic mass is 19.3. The molecule has 5 aromatic carbocycles. The summed E-state index contributed by atoms with van der Waals surface area (Å²) in [6.45, 7) is 4.68. The topological polar surface area (TPSA) is 9.23 Å². The maximum absolute atomic E-state index is 14.6. The van der Waals surface area contributed by atoms with E-state index in [1.54, 1.807) is 12.1 Å². The predicted octanol–water partition coefficient (Wildman–Crippen LogP) is 21.0. The summed E-state index contributed by atoms with van der Waals surface area (Å²) < 4.78 is 182. The third kappa shape index (κ3) is 14.9. The van der Waals surface area contributed by atoms with E-state index in [4.69, 9.17) is 0 Å². The summed E-state index contributed by atoms with van der Waals surface area (Å²) in [6, 6.07) is 13.7. The molecule has 0 atom stereocenters. The van der Waals surface area contributed by atoms with Gasteiger partial charge in [-0.3, -0.25) is 0 Å². The van der Waals surface area contributed by atoms with Crippen LogP contribution < -0.4 is 4.74 Å². The number of rotatable bonds is 9. The van der Waals surface area contributed by atoms with Crippen molar-refractivity contribution < 1.29 is 61.8 Å². The summed E-state index contributed by atoms with van der Waals surface area (Å²) >= 11 is 0. The first-order valence-electron chi connectivity index (χ1n) is 28.3. The summed E-state index contributed by atoms with van der Waals surface area (Å²) in [5.41, 5.74) is 1.15. The van der Waals surface area contributed by atoms with Crippen molar-refractivity contribution in [3.8, 4) is 16.9 Å². The van der Waals surface area contributed by atoms with E-state index in [0.717, 1.165) is 130 Å². The summed E-state index contributed by atoms with van der Waals surface area (Å²) in [4.78, 5) is 0. The molecule has 1 nitrogen and oxygen atoms in total. The Hall–Kier alpha value is -5.01. The third-order valence-electron chi connectivity index (χ3n) is 18.1. The van der Waals surface area contributed by atoms with Gasteiger partial charge in [0.25, 0.3) is 0 Å². The standard InChI is InChI=1S/C26H21F7O.2C19H25F3/c27-20-11-18(17-9-7-16(8-10-17)15-5-3-1-2-4-6-15)12-21(28)24(20)26(32,33)34-19-13-22(29)25(31)23(30)14-19;2*1-12-2-4-13(5-3-12)14-6-8-15(9-7-14)16-10-17(20)19(22)18(21)11-16/h7-15H,1-6H2;2*10-15H,2-9H2,1H3. The molecule has 0 radical (unpaired) electrons. The van der Waals surface area contributed by atoms with E-state index in [1.807, 2.05) is 12.1 Å². The molecule has 0 N–H and O–H groups in total. The molecule has 5 aromatic rings. The molecular formula is C64H71F13O. The van der Waals surface area contributed by atoms with Gasteiger partial charge in [-0.05, 0) is 207 Å². The quantitative estimate of drug-likeness (QED) is 0.0812. The molecule has 0 aromatic heterocycles. The van der Waals surface area contributed by atoms with Crippen molar-refractivity contribution in [1.29, 1.82) is 0 Å². The van der Waals surface area contributed by atoms with E-state index in [0.29, 0.717) is 22.6 Å². The summed E-state index contributed by atoms with van der Waals surface area (Å²) in [6.07, 6.45) is 21.5. The van der Waals surface area contributed by atoms with Gasteiger partial charge < -0.3 is 4.74 Å². The highest BCUT2D eigenvalue weighted by molar-refractivity contribution is 5.65. The van der Waals surface area contributed by atoms with E-state index in [2.05, 4.69) is 18.6 Å². The molecule has 78 heavy (non-hydrogen) atoms. The number of halogens is 13. The van der Waals surface area contributed by atoms with E-state index in [-0.39, 0.29) is 29.5 Å². The first-order valence-corrected chi connectivity index (χ1v) is 28.3. The van der Waals surface area contributed by atoms with E-state index in [9.17, 15) is 57.1 Å². The van der Waals surface area contributed by atoms with Crippen molar-refractivity contribution >= 4 is 0 Å². The maximum atomic E-state index is 14.6. The van der Waals surface area contributed by atoms with Crippen LogP contribution in [0.4, 0.5) is 57.1 Å². The summed E-state index contributed by atoms with van der Waals surface area (Å²) in [5.74, 6) is -10.9. The molecule has 5 saturated carbocycles. The molecule has 0 bridgehead atoms. The average molecular weight is 1100 g/mol. The minimum Gasteiger partial charge on any atom is -0.429 e. The Morgan fingerprint density at radius 2 is 0.654 bits per heavy atom. The van der Waals surface area contributed by atoms with Crippen LogP contribution >= 0.6 is 0 Å². The lowest BCUT2D eigenvalue weighted by Gasteiger charge is -2.37. The van der Waals surface area contributed by atoms with Gasteiger partial charge in [0.2, 0.25) is 0 Å². The molecule has 0 unspecified atom stereocenters. The predicted molar refractivity (Wildman–Crippen MR) is 277 cm³/mol. The highest BCUT2D eigenvalue weighted by Gasteiger charge is 2.42. The number of ether oxygens (including phenoxy) is 1. The minimum absolute atomic E-state index is 0.0424. The second kappa shape index (κ2) is 26.5. The Balaban J connectivity index is 0.000000160. The Morgan fingerprint density at radius 3 is 1.01 bits per heavy atom. The van der Waals surface area contributed by atoms with Gasteiger partial charge in [-0.2, -0.15) is 8.78 Å². The molecule has 0 aliphatic heterocycles. The second-order valence-corrected chi connectivity index (χ2v) is 23.3. The van der Waals surface area contributed by atoms with E-state index < -0.39 is 81.4 Å². The van der Waals surface area contributed by atoms with Crippen LogP contribution in [0.5, 0.6) is 5.75 Å². The molecule has 424 valence electrons. The molecule has 5 aliphatic carbocycles. The number of hydrogen-bond acceptors (Lipinski definition) is 1. The van der Waals surface area contributed by atoms with Gasteiger partial charge in [0.15, 0.2) is 52.4 Å². The Morgan fingerprint density at radius 1 is 0.333 bits per heavy atom. The summed E-state index contributed by atoms with van der Waals surface area (Å²) in [5, 5.41) is 0. The number of benzene rings is 5. The van der Waals surface area contributed by atoms with Gasteiger partial charge in [0, 0.05) is 12.1 Å². The first kappa shape index (κ1) is 59.1. The smallest absolute Gasteiger partial charge is 0.429 e. The second-order valence-electron chi connectivity index (χ2n) is 23.3. The third-order valence-corrected chi connectivity index (χ3v) is 18.1. The maximum Gasteiger partial charge on any atom is 0.432 e. The molecule has 14 heteroatoms. The fourth-order valence-electron chi connectivity index (χ4n) is 13.4. The van der Waals surface area contributed by atoms with Crippen molar-refractivity contribution in [3.63, 3.8) is 0 Å². The van der Waals surface area contributed by atoms with Crippen LogP contribution in [0, 0.1) is 99.5 Å². The van der Waals surface area contributed by atoms with Crippen LogP contribution in [0.2, 0.25) is 0 Å². The van der Waals surface area contributed by atoms with Gasteiger partial charge in [-0.1, -0.05) is 89.5 Å². The SMILES string of the molecule is CC1CCC(C2CCC(c3cc(F)c(F)c(F)c3)CC2)CC1.CC1CCC(C2CCC(c3cc(F)c(F)c(F)c3)CC2)CC1.Fc1cc(OC(F)(F)c2c(F)cc(-c3ccc(C4CCCCCC4)cc3)cc2F)cc(F)c1F. The monoisotopic (exact) mass is 1100 g/mol. The van der Waals surface area contributed by atoms with Crippen molar-refractivity contribution in [2.75, 3.05) is 0 Å². The van der Waals surface area contributed by atoms with E-state index in [1.165, 1.54) is 88.5 Å². The van der Waals surface area contributed by atoms with Gasteiger partial charge >= 0.3 is 6.11 Å². The Kier molecular flexibility index (Phi) is 20.1. The molecule has 0 spiro atoms. The molecule has 0 amide bonds. The largest absolute Gasteiger partial charge is 0.432 e. The minimum atomic E-state index is -4.62. The van der Waals surface area contributed by atoms with Gasteiger partial charge in [-0.25, -0.2) is 48.3 Å². The molecule has 10 rings (SSSR count). The van der Waals surface area contributed by atoms with Crippen LogP contribution in [0.3, 0.4) is 0 Å². The van der Waals surface area contributed by atoms with Gasteiger partial charge in [0.05, 0.1) is 0 Å². The van der Waals surface area contributed by atoms with Crippen LogP contribution in [-0.2, 0) is 6.11 Å². The molecule has 5 aliphatic rings. The lowest BCUT2D eigenvalue weighted by Crippen LogP contribution is -2.25. The van der Waals surface area contributed by atoms with Crippen LogP contribution in [0.25, 0.3) is 11.1 Å². The molecular weight excluding hydrogens is 1030 g/mol. The fraction of sp³-hybridized carbons (Fsp3) is 0.531. The first-order chi connectivity index (χ1) is 37.2.